The normalized spacial score (nSPS) is 10.5. The van der Waals surface area contributed by atoms with Crippen molar-refractivity contribution < 1.29 is 9.47 Å². The van der Waals surface area contributed by atoms with E-state index in [4.69, 9.17) is 26.8 Å². The first kappa shape index (κ1) is 14.1. The molecule has 0 unspecified atom stereocenters. The Morgan fingerprint density at radius 2 is 2.12 bits per heavy atom. The van der Waals surface area contributed by atoms with Gasteiger partial charge >= 0.3 is 0 Å². The quantitative estimate of drug-likeness (QED) is 0.729. The number of nitrogens with two attached hydrogens (primary N) is 1. The Bertz CT molecular complexity index is 334. The third-order valence-corrected chi connectivity index (χ3v) is 2.46. The second-order valence-corrected chi connectivity index (χ2v) is 4.13. The van der Waals surface area contributed by atoms with Gasteiger partial charge in [-0.2, -0.15) is 0 Å². The van der Waals surface area contributed by atoms with Crippen LogP contribution in [0.15, 0.2) is 12.3 Å². The number of hydrogen-bond acceptors (Lipinski definition) is 4. The molecule has 17 heavy (non-hydrogen) atoms. The smallest absolute Gasteiger partial charge is 0.232 e. The second-order valence-electron chi connectivity index (χ2n) is 3.72. The topological polar surface area (TPSA) is 57.4 Å². The number of pyridine rings is 1. The number of rotatable bonds is 8. The Labute approximate surface area is 107 Å². The molecule has 0 amide bonds. The van der Waals surface area contributed by atoms with Crippen LogP contribution in [0.1, 0.15) is 26.2 Å². The molecule has 0 saturated heterocycles. The first-order chi connectivity index (χ1) is 8.24. The number of nitrogens with zero attached hydrogens (tertiary/aromatic N) is 1. The molecule has 0 saturated carbocycles. The minimum Gasteiger partial charge on any atom is -0.474 e. The molecule has 0 aliphatic heterocycles. The summed E-state index contributed by atoms with van der Waals surface area (Å²) in [6.45, 7) is 3.94. The highest BCUT2D eigenvalue weighted by molar-refractivity contribution is 6.32. The third kappa shape index (κ3) is 5.75. The van der Waals surface area contributed by atoms with Crippen LogP contribution in [0.5, 0.6) is 5.88 Å². The van der Waals surface area contributed by atoms with Crippen molar-refractivity contribution in [3.8, 4) is 5.88 Å². The largest absolute Gasteiger partial charge is 0.474 e. The van der Waals surface area contributed by atoms with Gasteiger partial charge in [-0.05, 0) is 12.5 Å². The van der Waals surface area contributed by atoms with Crippen LogP contribution in [-0.2, 0) is 4.74 Å². The molecular formula is C12H19ClN2O2. The minimum absolute atomic E-state index is 0.401. The van der Waals surface area contributed by atoms with Crippen LogP contribution in [0.3, 0.4) is 0 Å². The molecule has 96 valence electrons. The fourth-order valence-corrected chi connectivity index (χ4v) is 1.53. The molecule has 0 aliphatic rings. The Morgan fingerprint density at radius 1 is 1.29 bits per heavy atom. The van der Waals surface area contributed by atoms with Crippen molar-refractivity contribution in [2.24, 2.45) is 0 Å². The highest BCUT2D eigenvalue weighted by atomic mass is 35.5. The van der Waals surface area contributed by atoms with Gasteiger partial charge in [0, 0.05) is 6.61 Å². The summed E-state index contributed by atoms with van der Waals surface area (Å²) in [6.07, 6.45) is 5.01. The zero-order valence-electron chi connectivity index (χ0n) is 10.1. The molecule has 1 heterocycles. The lowest BCUT2D eigenvalue weighted by atomic mass is 10.3. The zero-order chi connectivity index (χ0) is 12.5. The van der Waals surface area contributed by atoms with Crippen LogP contribution >= 0.6 is 11.6 Å². The van der Waals surface area contributed by atoms with Crippen LogP contribution in [0.2, 0.25) is 5.02 Å². The highest BCUT2D eigenvalue weighted by Crippen LogP contribution is 2.22. The molecule has 1 aromatic rings. The van der Waals surface area contributed by atoms with E-state index in [1.165, 1.54) is 19.0 Å². The van der Waals surface area contributed by atoms with Gasteiger partial charge in [0.25, 0.3) is 0 Å². The van der Waals surface area contributed by atoms with E-state index in [1.807, 2.05) is 0 Å². The predicted octanol–water partition coefficient (Wildman–Crippen LogP) is 2.90. The molecule has 0 radical (unpaired) electrons. The molecule has 0 fully saturated rings. The van der Waals surface area contributed by atoms with Gasteiger partial charge in [0.05, 0.1) is 18.5 Å². The molecule has 1 rings (SSSR count). The SMILES string of the molecule is CCCCCOCCOc1ncc(N)cc1Cl. The van der Waals surface area contributed by atoms with Gasteiger partial charge in [0.15, 0.2) is 0 Å². The highest BCUT2D eigenvalue weighted by Gasteiger charge is 2.03. The van der Waals surface area contributed by atoms with Crippen molar-refractivity contribution in [3.05, 3.63) is 17.3 Å². The van der Waals surface area contributed by atoms with E-state index >= 15 is 0 Å². The average Bonchev–Trinajstić information content (AvgIpc) is 2.30. The van der Waals surface area contributed by atoms with Gasteiger partial charge in [-0.3, -0.25) is 0 Å². The van der Waals surface area contributed by atoms with Crippen molar-refractivity contribution >= 4 is 17.3 Å². The van der Waals surface area contributed by atoms with Crippen molar-refractivity contribution in [1.82, 2.24) is 4.98 Å². The third-order valence-electron chi connectivity index (χ3n) is 2.19. The van der Waals surface area contributed by atoms with E-state index in [9.17, 15) is 0 Å². The Hall–Kier alpha value is -1.00. The number of unbranched alkanes of at least 4 members (excludes halogenated alkanes) is 2. The maximum absolute atomic E-state index is 5.90. The average molecular weight is 259 g/mol. The number of aromatic nitrogens is 1. The van der Waals surface area contributed by atoms with E-state index in [0.29, 0.717) is 29.8 Å². The fourth-order valence-electron chi connectivity index (χ4n) is 1.30. The standard InChI is InChI=1S/C12H19ClN2O2/c1-2-3-4-5-16-6-7-17-12-11(13)8-10(14)9-15-12/h8-9H,2-7,14H2,1H3. The first-order valence-corrected chi connectivity index (χ1v) is 6.23. The van der Waals surface area contributed by atoms with Crippen LogP contribution in [0.4, 0.5) is 5.69 Å². The maximum atomic E-state index is 5.90. The van der Waals surface area contributed by atoms with Gasteiger partial charge in [-0.25, -0.2) is 4.98 Å². The summed E-state index contributed by atoms with van der Waals surface area (Å²) in [5.74, 6) is 0.401. The van der Waals surface area contributed by atoms with Crippen LogP contribution in [-0.4, -0.2) is 24.8 Å². The Morgan fingerprint density at radius 3 is 2.82 bits per heavy atom. The maximum Gasteiger partial charge on any atom is 0.232 e. The lowest BCUT2D eigenvalue weighted by Gasteiger charge is -2.07. The molecule has 0 aliphatic carbocycles. The lowest BCUT2D eigenvalue weighted by Crippen LogP contribution is -2.08. The first-order valence-electron chi connectivity index (χ1n) is 5.85. The molecule has 5 heteroatoms. The van der Waals surface area contributed by atoms with Crippen molar-refractivity contribution in [1.29, 1.82) is 0 Å². The van der Waals surface area contributed by atoms with Gasteiger partial charge in [-0.15, -0.1) is 0 Å². The van der Waals surface area contributed by atoms with E-state index in [0.717, 1.165) is 13.0 Å². The van der Waals surface area contributed by atoms with Crippen LogP contribution in [0.25, 0.3) is 0 Å². The monoisotopic (exact) mass is 258 g/mol. The number of halogens is 1. The number of nitrogen functional groups attached to an aromatic ring is 1. The summed E-state index contributed by atoms with van der Waals surface area (Å²) in [4.78, 5) is 3.99. The molecule has 0 atom stereocenters. The molecule has 0 aromatic carbocycles. The minimum atomic E-state index is 0.401. The molecule has 0 bridgehead atoms. The van der Waals surface area contributed by atoms with E-state index in [1.54, 1.807) is 6.07 Å². The second kappa shape index (κ2) is 8.14. The number of anilines is 1. The Kier molecular flexibility index (Phi) is 6.74. The van der Waals surface area contributed by atoms with Gasteiger partial charge < -0.3 is 15.2 Å². The summed E-state index contributed by atoms with van der Waals surface area (Å²) < 4.78 is 10.8. The van der Waals surface area contributed by atoms with E-state index < -0.39 is 0 Å². The summed E-state index contributed by atoms with van der Waals surface area (Å²) in [7, 11) is 0. The fraction of sp³-hybridized carbons (Fsp3) is 0.583. The number of hydrogen-bond donors (Lipinski definition) is 1. The van der Waals surface area contributed by atoms with Gasteiger partial charge in [-0.1, -0.05) is 31.4 Å². The van der Waals surface area contributed by atoms with Gasteiger partial charge in [0.1, 0.15) is 11.6 Å². The lowest BCUT2D eigenvalue weighted by molar-refractivity contribution is 0.0959. The Balaban J connectivity index is 2.14. The van der Waals surface area contributed by atoms with Crippen LogP contribution in [0, 0.1) is 0 Å². The molecule has 2 N–H and O–H groups in total. The van der Waals surface area contributed by atoms with E-state index in [-0.39, 0.29) is 0 Å². The summed E-state index contributed by atoms with van der Waals surface area (Å²) in [5.41, 5.74) is 6.05. The summed E-state index contributed by atoms with van der Waals surface area (Å²) >= 11 is 5.90. The predicted molar refractivity (Wildman–Crippen MR) is 69.5 cm³/mol. The molecule has 4 nitrogen and oxygen atoms in total. The zero-order valence-corrected chi connectivity index (χ0v) is 10.9. The van der Waals surface area contributed by atoms with Crippen molar-refractivity contribution in [2.45, 2.75) is 26.2 Å². The molecular weight excluding hydrogens is 240 g/mol. The summed E-state index contributed by atoms with van der Waals surface area (Å²) in [6, 6.07) is 1.62. The van der Waals surface area contributed by atoms with Crippen molar-refractivity contribution in [3.63, 3.8) is 0 Å². The molecule has 0 spiro atoms. The van der Waals surface area contributed by atoms with Gasteiger partial charge in [0.2, 0.25) is 5.88 Å². The molecule has 1 aromatic heterocycles. The number of ether oxygens (including phenoxy) is 2. The van der Waals surface area contributed by atoms with E-state index in [2.05, 4.69) is 11.9 Å². The van der Waals surface area contributed by atoms with Crippen molar-refractivity contribution in [2.75, 3.05) is 25.6 Å². The summed E-state index contributed by atoms with van der Waals surface area (Å²) in [5, 5.41) is 0.427. The van der Waals surface area contributed by atoms with Crippen LogP contribution < -0.4 is 10.5 Å².